The number of hydrogen-bond donors (Lipinski definition) is 2. The number of benzene rings is 1. The number of aryl methyl sites for hydroxylation is 1. The van der Waals surface area contributed by atoms with Gasteiger partial charge in [0.2, 0.25) is 0 Å². The highest BCUT2D eigenvalue weighted by molar-refractivity contribution is 7.19. The van der Waals surface area contributed by atoms with E-state index in [0.29, 0.717) is 58.4 Å². The Morgan fingerprint density at radius 3 is 2.91 bits per heavy atom. The second-order valence-corrected chi connectivity index (χ2v) is 10.4. The van der Waals surface area contributed by atoms with Crippen LogP contribution in [0, 0.1) is 12.8 Å². The number of aromatic nitrogens is 3. The number of carbonyl (C=O) groups is 2. The van der Waals surface area contributed by atoms with Gasteiger partial charge in [0.15, 0.2) is 10.1 Å². The van der Waals surface area contributed by atoms with Crippen LogP contribution in [0.1, 0.15) is 39.5 Å². The van der Waals surface area contributed by atoms with Crippen LogP contribution >= 0.6 is 22.7 Å². The van der Waals surface area contributed by atoms with Crippen LogP contribution in [0.25, 0.3) is 15.4 Å². The topological polar surface area (TPSA) is 115 Å². The van der Waals surface area contributed by atoms with Gasteiger partial charge in [-0.05, 0) is 43.4 Å². The van der Waals surface area contributed by atoms with Crippen molar-refractivity contribution in [3.63, 3.8) is 0 Å². The molecule has 1 aromatic carbocycles. The lowest BCUT2D eigenvalue weighted by molar-refractivity contribution is 0.0736. The number of carbonyl (C=O) groups excluding carboxylic acids is 2. The summed E-state index contributed by atoms with van der Waals surface area (Å²) in [6, 6.07) is 7.51. The first kappa shape index (κ1) is 23.3. The quantitative estimate of drug-likeness (QED) is 0.355. The van der Waals surface area contributed by atoms with Crippen molar-refractivity contribution in [2.45, 2.75) is 19.8 Å². The summed E-state index contributed by atoms with van der Waals surface area (Å²) < 4.78 is 7.13. The number of imidazole rings is 1. The van der Waals surface area contributed by atoms with E-state index in [9.17, 15) is 9.59 Å². The fraction of sp³-hybridized carbons (Fsp3) is 0.333. The van der Waals surface area contributed by atoms with Gasteiger partial charge in [-0.3, -0.25) is 14.0 Å². The lowest BCUT2D eigenvalue weighted by Crippen LogP contribution is -2.40. The summed E-state index contributed by atoms with van der Waals surface area (Å²) in [5.74, 6) is 0.786. The van der Waals surface area contributed by atoms with Crippen LogP contribution in [0.4, 0.5) is 5.13 Å². The van der Waals surface area contributed by atoms with Crippen molar-refractivity contribution >= 4 is 44.6 Å². The summed E-state index contributed by atoms with van der Waals surface area (Å²) in [6.45, 7) is 3.15. The zero-order chi connectivity index (χ0) is 24.5. The molecule has 3 heterocycles. The van der Waals surface area contributed by atoms with Crippen LogP contribution in [0.5, 0.6) is 5.75 Å². The number of ether oxygens (including phenoxy) is 1. The Bertz CT molecular complexity index is 1390. The van der Waals surface area contributed by atoms with Crippen molar-refractivity contribution in [3.05, 3.63) is 52.9 Å². The molecule has 0 atom stereocenters. The smallest absolute Gasteiger partial charge is 0.274 e. The molecule has 1 aliphatic rings. The van der Waals surface area contributed by atoms with Gasteiger partial charge >= 0.3 is 0 Å². The largest absolute Gasteiger partial charge is 0.497 e. The van der Waals surface area contributed by atoms with Gasteiger partial charge in [-0.25, -0.2) is 9.97 Å². The van der Waals surface area contributed by atoms with Gasteiger partial charge in [0.05, 0.1) is 17.7 Å². The monoisotopic (exact) mass is 510 g/mol. The van der Waals surface area contributed by atoms with Crippen LogP contribution in [-0.4, -0.2) is 57.8 Å². The zero-order valence-corrected chi connectivity index (χ0v) is 21.1. The molecule has 2 amide bonds. The lowest BCUT2D eigenvalue weighted by atomic mass is 10.1. The first-order valence-electron chi connectivity index (χ1n) is 11.3. The number of thiazole rings is 2. The number of fused-ring (bicyclic) bond motifs is 1. The minimum atomic E-state index is -0.206. The molecule has 1 aliphatic carbocycles. The molecule has 3 N–H and O–H groups in total. The fourth-order valence-electron chi connectivity index (χ4n) is 4.03. The third kappa shape index (κ3) is 4.87. The van der Waals surface area contributed by atoms with Crippen LogP contribution in [0.15, 0.2) is 35.8 Å². The highest BCUT2D eigenvalue weighted by atomic mass is 32.1. The molecule has 11 heteroatoms. The summed E-state index contributed by atoms with van der Waals surface area (Å²) in [4.78, 5) is 38.6. The van der Waals surface area contributed by atoms with Crippen molar-refractivity contribution in [2.75, 3.05) is 32.5 Å². The van der Waals surface area contributed by atoms with E-state index in [0.717, 1.165) is 23.4 Å². The van der Waals surface area contributed by atoms with E-state index in [-0.39, 0.29) is 11.8 Å². The number of nitrogens with one attached hydrogen (secondary N) is 1. The molecule has 35 heavy (non-hydrogen) atoms. The average Bonchev–Trinajstić information content (AvgIpc) is 3.26. The maximum Gasteiger partial charge on any atom is 0.274 e. The summed E-state index contributed by atoms with van der Waals surface area (Å²) in [6.07, 6.45) is 4.04. The number of nitrogens with zero attached hydrogens (tertiary/aromatic N) is 4. The van der Waals surface area contributed by atoms with Crippen molar-refractivity contribution in [2.24, 2.45) is 5.92 Å². The van der Waals surface area contributed by atoms with E-state index in [1.54, 1.807) is 16.4 Å². The van der Waals surface area contributed by atoms with Crippen molar-refractivity contribution < 1.29 is 14.3 Å². The van der Waals surface area contributed by atoms with Gasteiger partial charge in [0.25, 0.3) is 11.8 Å². The molecule has 0 spiro atoms. The molecular weight excluding hydrogens is 484 g/mol. The van der Waals surface area contributed by atoms with Crippen molar-refractivity contribution in [1.29, 1.82) is 0 Å². The van der Waals surface area contributed by atoms with Gasteiger partial charge in [0, 0.05) is 31.2 Å². The second-order valence-electron chi connectivity index (χ2n) is 8.51. The number of anilines is 1. The summed E-state index contributed by atoms with van der Waals surface area (Å²) in [5.41, 5.74) is 8.39. The highest BCUT2D eigenvalue weighted by Crippen LogP contribution is 2.35. The molecular formula is C24H26N6O3S2. The molecule has 0 radical (unpaired) electrons. The highest BCUT2D eigenvalue weighted by Gasteiger charge is 2.30. The Hall–Kier alpha value is -3.44. The van der Waals surface area contributed by atoms with Crippen LogP contribution < -0.4 is 15.8 Å². The van der Waals surface area contributed by atoms with Gasteiger partial charge in [0.1, 0.15) is 17.1 Å². The Kier molecular flexibility index (Phi) is 6.44. The van der Waals surface area contributed by atoms with Crippen LogP contribution in [-0.2, 0) is 0 Å². The molecule has 5 rings (SSSR count). The normalized spacial score (nSPS) is 13.2. The second kappa shape index (κ2) is 9.67. The number of rotatable bonds is 9. The van der Waals surface area contributed by atoms with Gasteiger partial charge in [-0.15, -0.1) is 11.3 Å². The molecule has 1 fully saturated rings. The standard InChI is InChI=1S/C24H26N6O3S2/c1-14-19(30-10-11-34-24(30)27-14)21(31)26-8-9-29(13-15-6-7-15)22(32)18-20(35-23(25)28-18)16-4-3-5-17(12-16)33-2/h3-5,10-12,15H,6-9,13H2,1-2H3,(H2,25,28)(H,26,31). The zero-order valence-electron chi connectivity index (χ0n) is 19.5. The first-order chi connectivity index (χ1) is 16.9. The summed E-state index contributed by atoms with van der Waals surface area (Å²) in [5, 5.41) is 5.19. The molecule has 1 saturated carbocycles. The van der Waals surface area contributed by atoms with Crippen molar-refractivity contribution in [1.82, 2.24) is 24.6 Å². The van der Waals surface area contributed by atoms with E-state index < -0.39 is 0 Å². The molecule has 0 saturated heterocycles. The number of nitrogens with two attached hydrogens (primary N) is 1. The maximum atomic E-state index is 13.6. The number of methoxy groups -OCH3 is 1. The minimum Gasteiger partial charge on any atom is -0.497 e. The first-order valence-corrected chi connectivity index (χ1v) is 13.0. The van der Waals surface area contributed by atoms with Gasteiger partial charge in [-0.2, -0.15) is 0 Å². The number of amides is 2. The number of nitrogen functional groups attached to an aromatic ring is 1. The third-order valence-electron chi connectivity index (χ3n) is 5.96. The molecule has 4 aromatic rings. The predicted molar refractivity (Wildman–Crippen MR) is 137 cm³/mol. The Morgan fingerprint density at radius 1 is 1.31 bits per heavy atom. The molecule has 0 unspecified atom stereocenters. The maximum absolute atomic E-state index is 13.6. The summed E-state index contributed by atoms with van der Waals surface area (Å²) >= 11 is 2.76. The number of hydrogen-bond acceptors (Lipinski definition) is 8. The summed E-state index contributed by atoms with van der Waals surface area (Å²) in [7, 11) is 1.60. The molecule has 0 bridgehead atoms. The Balaban J connectivity index is 1.33. The van der Waals surface area contributed by atoms with E-state index in [1.165, 1.54) is 22.7 Å². The molecule has 0 aliphatic heterocycles. The minimum absolute atomic E-state index is 0.183. The van der Waals surface area contributed by atoms with E-state index in [4.69, 9.17) is 10.5 Å². The fourth-order valence-corrected chi connectivity index (χ4v) is 5.61. The predicted octanol–water partition coefficient (Wildman–Crippen LogP) is 3.70. The van der Waals surface area contributed by atoms with Crippen LogP contribution in [0.3, 0.4) is 0 Å². The van der Waals surface area contributed by atoms with Crippen LogP contribution in [0.2, 0.25) is 0 Å². The third-order valence-corrected chi connectivity index (χ3v) is 7.65. The molecule has 9 nitrogen and oxygen atoms in total. The average molecular weight is 511 g/mol. The lowest BCUT2D eigenvalue weighted by Gasteiger charge is -2.22. The molecule has 182 valence electrons. The SMILES string of the molecule is COc1cccc(-c2sc(N)nc2C(=O)N(CCNC(=O)c2c(C)nc3sccn23)CC2CC2)c1. The van der Waals surface area contributed by atoms with E-state index in [1.807, 2.05) is 42.8 Å². The van der Waals surface area contributed by atoms with E-state index in [2.05, 4.69) is 15.3 Å². The Morgan fingerprint density at radius 2 is 2.14 bits per heavy atom. The Labute approximate surface area is 210 Å². The van der Waals surface area contributed by atoms with Crippen molar-refractivity contribution in [3.8, 4) is 16.2 Å². The van der Waals surface area contributed by atoms with E-state index >= 15 is 0 Å². The van der Waals surface area contributed by atoms with Gasteiger partial charge in [-0.1, -0.05) is 23.5 Å². The molecule has 3 aromatic heterocycles. The van der Waals surface area contributed by atoms with Gasteiger partial charge < -0.3 is 20.7 Å².